The minimum absolute atomic E-state index is 0.481. The Balaban J connectivity index is 1.83. The van der Waals surface area contributed by atoms with Crippen molar-refractivity contribution in [2.75, 3.05) is 20.3 Å². The molecule has 2 aromatic carbocycles. The van der Waals surface area contributed by atoms with E-state index in [0.29, 0.717) is 13.2 Å². The van der Waals surface area contributed by atoms with Crippen LogP contribution in [-0.2, 0) is 0 Å². The van der Waals surface area contributed by atoms with Crippen molar-refractivity contribution < 1.29 is 14.2 Å². The third kappa shape index (κ3) is 3.65. The highest BCUT2D eigenvalue weighted by Gasteiger charge is 2.02. The summed E-state index contributed by atoms with van der Waals surface area (Å²) in [6.07, 6.45) is 0. The van der Waals surface area contributed by atoms with E-state index in [2.05, 4.69) is 0 Å². The molecule has 0 heterocycles. The van der Waals surface area contributed by atoms with E-state index >= 15 is 0 Å². The molecule has 0 N–H and O–H groups in total. The molecule has 0 saturated heterocycles. The van der Waals surface area contributed by atoms with Crippen molar-refractivity contribution in [1.82, 2.24) is 0 Å². The normalized spacial score (nSPS) is 10.0. The van der Waals surface area contributed by atoms with Crippen LogP contribution < -0.4 is 14.2 Å². The molecule has 0 fully saturated rings. The van der Waals surface area contributed by atoms with Crippen LogP contribution in [0.15, 0.2) is 48.5 Å². The standard InChI is InChI=1S/C16H18O3/c1-13-7-3-4-8-14(13)18-11-12-19-16-10-6-5-9-15(16)17-2/h3-10H,11-12H2,1-2H3. The number of aryl methyl sites for hydroxylation is 1. The summed E-state index contributed by atoms with van der Waals surface area (Å²) in [4.78, 5) is 0. The predicted octanol–water partition coefficient (Wildman–Crippen LogP) is 3.46. The number of hydrogen-bond acceptors (Lipinski definition) is 3. The van der Waals surface area contributed by atoms with Gasteiger partial charge in [0.1, 0.15) is 19.0 Å². The summed E-state index contributed by atoms with van der Waals surface area (Å²) in [6, 6.07) is 15.5. The molecule has 2 rings (SSSR count). The smallest absolute Gasteiger partial charge is 0.161 e. The van der Waals surface area contributed by atoms with Gasteiger partial charge in [0.2, 0.25) is 0 Å². The summed E-state index contributed by atoms with van der Waals surface area (Å²) in [7, 11) is 1.63. The Bertz CT molecular complexity index is 523. The first-order chi connectivity index (χ1) is 9.31. The fourth-order valence-corrected chi connectivity index (χ4v) is 1.76. The fourth-order valence-electron chi connectivity index (χ4n) is 1.76. The van der Waals surface area contributed by atoms with E-state index in [1.165, 1.54) is 0 Å². The number of methoxy groups -OCH3 is 1. The van der Waals surface area contributed by atoms with E-state index in [9.17, 15) is 0 Å². The van der Waals surface area contributed by atoms with Gasteiger partial charge < -0.3 is 14.2 Å². The molecule has 0 bridgehead atoms. The molecular formula is C16H18O3. The van der Waals surface area contributed by atoms with E-state index in [1.54, 1.807) is 7.11 Å². The van der Waals surface area contributed by atoms with Gasteiger partial charge in [-0.25, -0.2) is 0 Å². The molecule has 0 atom stereocenters. The molecule has 0 unspecified atom stereocenters. The molecule has 100 valence electrons. The molecule has 0 aliphatic rings. The zero-order valence-electron chi connectivity index (χ0n) is 11.3. The van der Waals surface area contributed by atoms with Crippen LogP contribution in [0.2, 0.25) is 0 Å². The monoisotopic (exact) mass is 258 g/mol. The Morgan fingerprint density at radius 1 is 0.737 bits per heavy atom. The minimum atomic E-state index is 0.481. The molecule has 2 aromatic rings. The van der Waals surface area contributed by atoms with Crippen molar-refractivity contribution in [3.63, 3.8) is 0 Å². The Morgan fingerprint density at radius 3 is 1.89 bits per heavy atom. The first-order valence-electron chi connectivity index (χ1n) is 6.25. The Hall–Kier alpha value is -2.16. The van der Waals surface area contributed by atoms with Crippen LogP contribution in [0.3, 0.4) is 0 Å². The second-order valence-electron chi connectivity index (χ2n) is 4.11. The summed E-state index contributed by atoms with van der Waals surface area (Å²) < 4.78 is 16.5. The zero-order chi connectivity index (χ0) is 13.5. The van der Waals surface area contributed by atoms with Crippen LogP contribution >= 0.6 is 0 Å². The Kier molecular flexibility index (Phi) is 4.67. The predicted molar refractivity (Wildman–Crippen MR) is 75.2 cm³/mol. The molecule has 0 aromatic heterocycles. The van der Waals surface area contributed by atoms with Gasteiger partial charge in [-0.05, 0) is 30.7 Å². The van der Waals surface area contributed by atoms with Crippen LogP contribution in [0.5, 0.6) is 17.2 Å². The summed E-state index contributed by atoms with van der Waals surface area (Å²) >= 11 is 0. The number of benzene rings is 2. The van der Waals surface area contributed by atoms with Gasteiger partial charge in [0.25, 0.3) is 0 Å². The number of ether oxygens (including phenoxy) is 3. The molecule has 0 aliphatic heterocycles. The van der Waals surface area contributed by atoms with E-state index in [1.807, 2.05) is 55.5 Å². The summed E-state index contributed by atoms with van der Waals surface area (Å²) in [5.41, 5.74) is 1.12. The van der Waals surface area contributed by atoms with Crippen molar-refractivity contribution in [1.29, 1.82) is 0 Å². The molecule has 0 radical (unpaired) electrons. The highest BCUT2D eigenvalue weighted by molar-refractivity contribution is 5.39. The van der Waals surface area contributed by atoms with E-state index < -0.39 is 0 Å². The van der Waals surface area contributed by atoms with Crippen molar-refractivity contribution >= 4 is 0 Å². The maximum Gasteiger partial charge on any atom is 0.161 e. The van der Waals surface area contributed by atoms with Gasteiger partial charge in [-0.1, -0.05) is 30.3 Å². The lowest BCUT2D eigenvalue weighted by molar-refractivity contribution is 0.210. The molecule has 0 amide bonds. The maximum absolute atomic E-state index is 5.67. The lowest BCUT2D eigenvalue weighted by Gasteiger charge is -2.12. The van der Waals surface area contributed by atoms with Gasteiger partial charge in [-0.2, -0.15) is 0 Å². The number of hydrogen-bond donors (Lipinski definition) is 0. The average molecular weight is 258 g/mol. The molecular weight excluding hydrogens is 240 g/mol. The topological polar surface area (TPSA) is 27.7 Å². The van der Waals surface area contributed by atoms with Crippen LogP contribution in [0.1, 0.15) is 5.56 Å². The second kappa shape index (κ2) is 6.69. The third-order valence-corrected chi connectivity index (χ3v) is 2.76. The molecule has 0 spiro atoms. The van der Waals surface area contributed by atoms with E-state index in [0.717, 1.165) is 22.8 Å². The molecule has 3 heteroatoms. The number of para-hydroxylation sites is 3. The van der Waals surface area contributed by atoms with Crippen LogP contribution in [-0.4, -0.2) is 20.3 Å². The van der Waals surface area contributed by atoms with Gasteiger partial charge in [-0.15, -0.1) is 0 Å². The van der Waals surface area contributed by atoms with Gasteiger partial charge >= 0.3 is 0 Å². The maximum atomic E-state index is 5.67. The average Bonchev–Trinajstić information content (AvgIpc) is 2.45. The molecule has 19 heavy (non-hydrogen) atoms. The highest BCUT2D eigenvalue weighted by Crippen LogP contribution is 2.25. The Labute approximate surface area is 113 Å². The first-order valence-corrected chi connectivity index (χ1v) is 6.25. The summed E-state index contributed by atoms with van der Waals surface area (Å²) in [5, 5.41) is 0. The van der Waals surface area contributed by atoms with Crippen molar-refractivity contribution in [2.24, 2.45) is 0 Å². The number of rotatable bonds is 6. The lowest BCUT2D eigenvalue weighted by atomic mass is 10.2. The van der Waals surface area contributed by atoms with Gasteiger partial charge in [0.05, 0.1) is 7.11 Å². The van der Waals surface area contributed by atoms with Crippen LogP contribution in [0, 0.1) is 6.92 Å². The third-order valence-electron chi connectivity index (χ3n) is 2.76. The van der Waals surface area contributed by atoms with E-state index in [-0.39, 0.29) is 0 Å². The molecule has 0 saturated carbocycles. The minimum Gasteiger partial charge on any atom is -0.493 e. The lowest BCUT2D eigenvalue weighted by Crippen LogP contribution is -2.10. The quantitative estimate of drug-likeness (QED) is 0.743. The zero-order valence-corrected chi connectivity index (χ0v) is 11.3. The fraction of sp³-hybridized carbons (Fsp3) is 0.250. The second-order valence-corrected chi connectivity index (χ2v) is 4.11. The van der Waals surface area contributed by atoms with Crippen LogP contribution in [0.4, 0.5) is 0 Å². The van der Waals surface area contributed by atoms with Crippen molar-refractivity contribution in [3.8, 4) is 17.2 Å². The SMILES string of the molecule is COc1ccccc1OCCOc1ccccc1C. The first kappa shape index (κ1) is 13.3. The van der Waals surface area contributed by atoms with Crippen molar-refractivity contribution in [3.05, 3.63) is 54.1 Å². The summed E-state index contributed by atoms with van der Waals surface area (Å²) in [6.45, 7) is 3.01. The largest absolute Gasteiger partial charge is 0.493 e. The Morgan fingerprint density at radius 2 is 1.26 bits per heavy atom. The summed E-state index contributed by atoms with van der Waals surface area (Å²) in [5.74, 6) is 2.36. The highest BCUT2D eigenvalue weighted by atomic mass is 16.5. The van der Waals surface area contributed by atoms with Crippen molar-refractivity contribution in [2.45, 2.75) is 6.92 Å². The van der Waals surface area contributed by atoms with Gasteiger partial charge in [-0.3, -0.25) is 0 Å². The van der Waals surface area contributed by atoms with E-state index in [4.69, 9.17) is 14.2 Å². The molecule has 0 aliphatic carbocycles. The van der Waals surface area contributed by atoms with Gasteiger partial charge in [0, 0.05) is 0 Å². The van der Waals surface area contributed by atoms with Crippen LogP contribution in [0.25, 0.3) is 0 Å². The molecule has 3 nitrogen and oxygen atoms in total. The van der Waals surface area contributed by atoms with Gasteiger partial charge in [0.15, 0.2) is 11.5 Å².